The normalized spacial score (nSPS) is 18.4. The van der Waals surface area contributed by atoms with Gasteiger partial charge in [0.2, 0.25) is 0 Å². The molecule has 2 aliphatic rings. The van der Waals surface area contributed by atoms with E-state index >= 15 is 0 Å². The summed E-state index contributed by atoms with van der Waals surface area (Å²) < 4.78 is 0. The minimum absolute atomic E-state index is 0.0951. The monoisotopic (exact) mass is 390 g/mol. The molecule has 1 aromatic heterocycles. The van der Waals surface area contributed by atoms with Crippen molar-refractivity contribution >= 4 is 39.4 Å². The van der Waals surface area contributed by atoms with E-state index in [1.54, 1.807) is 33.9 Å². The van der Waals surface area contributed by atoms with Crippen molar-refractivity contribution in [2.24, 2.45) is 0 Å². The van der Waals surface area contributed by atoms with Crippen molar-refractivity contribution in [1.29, 1.82) is 0 Å². The molecule has 1 aliphatic heterocycles. The zero-order valence-electron chi connectivity index (χ0n) is 14.2. The van der Waals surface area contributed by atoms with E-state index < -0.39 is 17.8 Å². The van der Waals surface area contributed by atoms with E-state index in [2.05, 4.69) is 11.9 Å². The highest BCUT2D eigenvalue weighted by atomic mass is 33.1. The van der Waals surface area contributed by atoms with Crippen LogP contribution in [-0.4, -0.2) is 33.1 Å². The summed E-state index contributed by atoms with van der Waals surface area (Å²) in [5, 5.41) is 1.82. The lowest BCUT2D eigenvalue weighted by molar-refractivity contribution is -0.194. The molecule has 3 rings (SSSR count). The van der Waals surface area contributed by atoms with Crippen LogP contribution in [0.25, 0.3) is 0 Å². The number of imide groups is 1. The fraction of sp³-hybridized carbons (Fsp3) is 0.333. The summed E-state index contributed by atoms with van der Waals surface area (Å²) in [6, 6.07) is 5.81. The summed E-state index contributed by atoms with van der Waals surface area (Å²) in [5.74, 6) is -1.56. The number of amides is 2. The fourth-order valence-corrected chi connectivity index (χ4v) is 4.74. The van der Waals surface area contributed by atoms with Crippen LogP contribution in [0.1, 0.15) is 32.6 Å². The standard InChI is InChI=1S/C18H18N2O4S2/c1-12(25-26-15-4-2-3-11-19-15)13-5-7-14(8-6-13)18(23)24-20-16(21)9-10-17(20)22/h2-5,7,11-12H,6,8-10H2,1H3. The molecular formula is C18H18N2O4S2. The van der Waals surface area contributed by atoms with E-state index in [0.29, 0.717) is 17.1 Å². The third kappa shape index (κ3) is 4.56. The Labute approximate surface area is 159 Å². The molecule has 1 saturated heterocycles. The first-order chi connectivity index (χ1) is 12.5. The van der Waals surface area contributed by atoms with Crippen molar-refractivity contribution < 1.29 is 19.2 Å². The van der Waals surface area contributed by atoms with Gasteiger partial charge in [-0.05, 0) is 42.7 Å². The van der Waals surface area contributed by atoms with Crippen LogP contribution in [0.3, 0.4) is 0 Å². The van der Waals surface area contributed by atoms with Gasteiger partial charge < -0.3 is 4.84 Å². The minimum atomic E-state index is -0.632. The van der Waals surface area contributed by atoms with Crippen molar-refractivity contribution in [3.8, 4) is 0 Å². The van der Waals surface area contributed by atoms with Gasteiger partial charge in [0.15, 0.2) is 0 Å². The summed E-state index contributed by atoms with van der Waals surface area (Å²) in [5.41, 5.74) is 1.69. The van der Waals surface area contributed by atoms with Gasteiger partial charge in [-0.15, -0.1) is 5.06 Å². The van der Waals surface area contributed by atoms with Gasteiger partial charge >= 0.3 is 5.97 Å². The maximum absolute atomic E-state index is 12.1. The first kappa shape index (κ1) is 18.7. The molecule has 0 spiro atoms. The Kier molecular flexibility index (Phi) is 6.16. The average Bonchev–Trinajstić information content (AvgIpc) is 2.99. The third-order valence-corrected chi connectivity index (χ3v) is 6.83. The second-order valence-corrected chi connectivity index (χ2v) is 8.45. The minimum Gasteiger partial charge on any atom is -0.325 e. The highest BCUT2D eigenvalue weighted by molar-refractivity contribution is 8.77. The Morgan fingerprint density at radius 2 is 1.92 bits per heavy atom. The molecule has 1 aromatic rings. The number of nitrogens with zero attached hydrogens (tertiary/aromatic N) is 2. The molecule has 1 aliphatic carbocycles. The number of rotatable bonds is 6. The Morgan fingerprint density at radius 3 is 2.54 bits per heavy atom. The number of hydrogen-bond donors (Lipinski definition) is 0. The second kappa shape index (κ2) is 8.55. The van der Waals surface area contributed by atoms with Crippen LogP contribution in [-0.2, 0) is 19.2 Å². The van der Waals surface area contributed by atoms with E-state index in [-0.39, 0.29) is 18.1 Å². The Hall–Kier alpha value is -2.06. The number of hydroxylamine groups is 2. The molecule has 2 heterocycles. The van der Waals surface area contributed by atoms with E-state index in [9.17, 15) is 14.4 Å². The number of pyridine rings is 1. The van der Waals surface area contributed by atoms with Crippen LogP contribution in [0, 0.1) is 0 Å². The number of hydrogen-bond acceptors (Lipinski definition) is 7. The van der Waals surface area contributed by atoms with Gasteiger partial charge in [0, 0.05) is 29.9 Å². The number of allylic oxidation sites excluding steroid dienone is 2. The predicted octanol–water partition coefficient (Wildman–Crippen LogP) is 3.46. The molecule has 0 saturated carbocycles. The lowest BCUT2D eigenvalue weighted by Crippen LogP contribution is -2.32. The molecule has 1 atom stereocenters. The largest absolute Gasteiger partial charge is 0.359 e. The smallest absolute Gasteiger partial charge is 0.325 e. The number of aromatic nitrogens is 1. The number of carbonyl (C=O) groups is 3. The lowest BCUT2D eigenvalue weighted by Gasteiger charge is -2.19. The van der Waals surface area contributed by atoms with Crippen LogP contribution in [0.5, 0.6) is 0 Å². The molecule has 8 heteroatoms. The number of carbonyl (C=O) groups excluding carboxylic acids is 3. The van der Waals surface area contributed by atoms with Crippen LogP contribution < -0.4 is 0 Å². The van der Waals surface area contributed by atoms with E-state index in [1.165, 1.54) is 5.57 Å². The van der Waals surface area contributed by atoms with Crippen molar-refractivity contribution in [2.75, 3.05) is 0 Å². The molecule has 0 N–H and O–H groups in total. The fourth-order valence-electron chi connectivity index (χ4n) is 2.54. The predicted molar refractivity (Wildman–Crippen MR) is 99.7 cm³/mol. The van der Waals surface area contributed by atoms with Crippen molar-refractivity contribution in [3.05, 3.63) is 47.7 Å². The molecule has 6 nitrogen and oxygen atoms in total. The molecule has 0 radical (unpaired) electrons. The molecule has 0 aromatic carbocycles. The van der Waals surface area contributed by atoms with Crippen LogP contribution in [0.4, 0.5) is 0 Å². The molecule has 0 bridgehead atoms. The summed E-state index contributed by atoms with van der Waals surface area (Å²) in [6.07, 6.45) is 6.86. The van der Waals surface area contributed by atoms with Crippen LogP contribution in [0.15, 0.2) is 52.7 Å². The Morgan fingerprint density at radius 1 is 1.15 bits per heavy atom. The zero-order chi connectivity index (χ0) is 18.5. The van der Waals surface area contributed by atoms with Gasteiger partial charge in [-0.25, -0.2) is 9.78 Å². The second-order valence-electron chi connectivity index (χ2n) is 5.88. The summed E-state index contributed by atoms with van der Waals surface area (Å²) in [4.78, 5) is 44.4. The molecular weight excluding hydrogens is 372 g/mol. The Bertz CT molecular complexity index is 761. The maximum Gasteiger partial charge on any atom is 0.359 e. The van der Waals surface area contributed by atoms with Crippen LogP contribution in [0.2, 0.25) is 0 Å². The molecule has 1 unspecified atom stereocenters. The molecule has 26 heavy (non-hydrogen) atoms. The first-order valence-corrected chi connectivity index (χ1v) is 10.5. The van der Waals surface area contributed by atoms with Gasteiger partial charge in [0.05, 0.1) is 0 Å². The average molecular weight is 390 g/mol. The lowest BCUT2D eigenvalue weighted by atomic mass is 9.97. The van der Waals surface area contributed by atoms with E-state index in [1.807, 2.05) is 24.3 Å². The highest BCUT2D eigenvalue weighted by Gasteiger charge is 2.33. The van der Waals surface area contributed by atoms with Crippen molar-refractivity contribution in [3.63, 3.8) is 0 Å². The van der Waals surface area contributed by atoms with Gasteiger partial charge in [-0.1, -0.05) is 34.6 Å². The highest BCUT2D eigenvalue weighted by Crippen LogP contribution is 2.38. The van der Waals surface area contributed by atoms with Crippen molar-refractivity contribution in [1.82, 2.24) is 10.0 Å². The third-order valence-electron chi connectivity index (χ3n) is 4.06. The summed E-state index contributed by atoms with van der Waals surface area (Å²) >= 11 is 0. The molecule has 2 amide bonds. The van der Waals surface area contributed by atoms with Crippen LogP contribution >= 0.6 is 21.6 Å². The summed E-state index contributed by atoms with van der Waals surface area (Å²) in [6.45, 7) is 2.12. The molecule has 136 valence electrons. The van der Waals surface area contributed by atoms with Gasteiger partial charge in [-0.2, -0.15) is 0 Å². The topological polar surface area (TPSA) is 76.6 Å². The van der Waals surface area contributed by atoms with E-state index in [4.69, 9.17) is 4.84 Å². The maximum atomic E-state index is 12.1. The van der Waals surface area contributed by atoms with Gasteiger partial charge in [0.25, 0.3) is 11.8 Å². The van der Waals surface area contributed by atoms with Gasteiger partial charge in [0.1, 0.15) is 5.03 Å². The van der Waals surface area contributed by atoms with Crippen molar-refractivity contribution in [2.45, 2.75) is 42.9 Å². The Balaban J connectivity index is 1.55. The SMILES string of the molecule is CC(SSc1ccccn1)C1=CC=C(C(=O)ON2C(=O)CCC2=O)CC1. The molecule has 1 fully saturated rings. The zero-order valence-corrected chi connectivity index (χ0v) is 15.8. The van der Waals surface area contributed by atoms with E-state index in [0.717, 1.165) is 11.4 Å². The quantitative estimate of drug-likeness (QED) is 0.544. The first-order valence-electron chi connectivity index (χ1n) is 8.26. The summed E-state index contributed by atoms with van der Waals surface area (Å²) in [7, 11) is 3.34. The van der Waals surface area contributed by atoms with Gasteiger partial charge in [-0.3, -0.25) is 9.59 Å².